The fraction of sp³-hybridized carbons (Fsp3) is 0.696. The molecule has 2 fully saturated rings. The summed E-state index contributed by atoms with van der Waals surface area (Å²) in [6.07, 6.45) is 0.616. The van der Waals surface area contributed by atoms with Gasteiger partial charge in [-0.2, -0.15) is 0 Å². The molecule has 2 aliphatic heterocycles. The van der Waals surface area contributed by atoms with Crippen LogP contribution in [0.3, 0.4) is 0 Å². The molecular weight excluding hydrogens is 505 g/mol. The van der Waals surface area contributed by atoms with Crippen LogP contribution >= 0.6 is 24.0 Å². The molecule has 7 nitrogen and oxygen atoms in total. The van der Waals surface area contributed by atoms with Crippen LogP contribution in [0.4, 0.5) is 0 Å². The van der Waals surface area contributed by atoms with Crippen LogP contribution in [0.1, 0.15) is 31.9 Å². The number of aliphatic imine (C=N–C) groups is 1. The molecule has 0 radical (unpaired) electrons. The Morgan fingerprint density at radius 3 is 2.29 bits per heavy atom. The van der Waals surface area contributed by atoms with Gasteiger partial charge in [-0.15, -0.1) is 24.0 Å². The van der Waals surface area contributed by atoms with Crippen LogP contribution < -0.4 is 10.6 Å². The number of morpholine rings is 2. The van der Waals surface area contributed by atoms with Gasteiger partial charge in [0.1, 0.15) is 0 Å². The number of hydrogen-bond donors (Lipinski definition) is 2. The van der Waals surface area contributed by atoms with E-state index in [1.165, 1.54) is 11.1 Å². The molecule has 8 heteroatoms. The number of rotatable bonds is 8. The molecule has 0 aromatic heterocycles. The van der Waals surface area contributed by atoms with Gasteiger partial charge in [-0.3, -0.25) is 9.80 Å². The molecule has 2 saturated heterocycles. The second-order valence-corrected chi connectivity index (χ2v) is 8.34. The highest BCUT2D eigenvalue weighted by atomic mass is 127. The van der Waals surface area contributed by atoms with Gasteiger partial charge in [0.05, 0.1) is 32.0 Å². The van der Waals surface area contributed by atoms with Crippen molar-refractivity contribution in [3.63, 3.8) is 0 Å². The number of nitrogens with one attached hydrogen (secondary N) is 2. The SMILES string of the molecule is CCNC(=NCc1ccc(CN2CC(C)OC(C)C2)cc1)NCCN1CCOCC1.I. The minimum atomic E-state index is 0. The lowest BCUT2D eigenvalue weighted by molar-refractivity contribution is -0.0704. The van der Waals surface area contributed by atoms with Crippen molar-refractivity contribution in [1.29, 1.82) is 0 Å². The summed E-state index contributed by atoms with van der Waals surface area (Å²) >= 11 is 0. The van der Waals surface area contributed by atoms with Crippen molar-refractivity contribution in [3.8, 4) is 0 Å². The minimum absolute atomic E-state index is 0. The average molecular weight is 546 g/mol. The van der Waals surface area contributed by atoms with E-state index in [9.17, 15) is 0 Å². The summed E-state index contributed by atoms with van der Waals surface area (Å²) in [6.45, 7) is 16.5. The maximum atomic E-state index is 5.83. The Bertz CT molecular complexity index is 642. The molecule has 0 bridgehead atoms. The van der Waals surface area contributed by atoms with Gasteiger partial charge in [0.25, 0.3) is 0 Å². The average Bonchev–Trinajstić information content (AvgIpc) is 2.73. The Kier molecular flexibility index (Phi) is 12.1. The van der Waals surface area contributed by atoms with Crippen molar-refractivity contribution in [2.45, 2.75) is 46.1 Å². The van der Waals surface area contributed by atoms with Crippen LogP contribution in [-0.4, -0.2) is 87.0 Å². The maximum absolute atomic E-state index is 5.83. The third kappa shape index (κ3) is 9.61. The zero-order valence-corrected chi connectivity index (χ0v) is 21.6. The molecule has 1 aromatic carbocycles. The predicted molar refractivity (Wildman–Crippen MR) is 137 cm³/mol. The Morgan fingerprint density at radius 1 is 1.00 bits per heavy atom. The molecule has 3 rings (SSSR count). The zero-order valence-electron chi connectivity index (χ0n) is 19.3. The fourth-order valence-corrected chi connectivity index (χ4v) is 4.09. The van der Waals surface area contributed by atoms with E-state index >= 15 is 0 Å². The van der Waals surface area contributed by atoms with Crippen LogP contribution in [0, 0.1) is 0 Å². The third-order valence-electron chi connectivity index (χ3n) is 5.51. The van der Waals surface area contributed by atoms with E-state index in [1.54, 1.807) is 0 Å². The number of halogens is 1. The van der Waals surface area contributed by atoms with Gasteiger partial charge >= 0.3 is 0 Å². The van der Waals surface area contributed by atoms with E-state index in [4.69, 9.17) is 14.5 Å². The number of guanidine groups is 1. The zero-order chi connectivity index (χ0) is 21.2. The molecule has 176 valence electrons. The van der Waals surface area contributed by atoms with Crippen LogP contribution in [0.15, 0.2) is 29.3 Å². The van der Waals surface area contributed by atoms with Gasteiger partial charge in [-0.25, -0.2) is 4.99 Å². The summed E-state index contributed by atoms with van der Waals surface area (Å²) < 4.78 is 11.2. The molecule has 1 aromatic rings. The largest absolute Gasteiger partial charge is 0.379 e. The summed E-state index contributed by atoms with van der Waals surface area (Å²) in [6, 6.07) is 8.86. The number of nitrogens with zero attached hydrogens (tertiary/aromatic N) is 3. The fourth-order valence-electron chi connectivity index (χ4n) is 4.09. The van der Waals surface area contributed by atoms with Gasteiger partial charge in [0, 0.05) is 52.4 Å². The highest BCUT2D eigenvalue weighted by molar-refractivity contribution is 14.0. The number of hydrogen-bond acceptors (Lipinski definition) is 5. The second-order valence-electron chi connectivity index (χ2n) is 8.34. The molecule has 0 aliphatic carbocycles. The Labute approximate surface area is 205 Å². The highest BCUT2D eigenvalue weighted by Gasteiger charge is 2.21. The van der Waals surface area contributed by atoms with Crippen molar-refractivity contribution in [2.75, 3.05) is 59.0 Å². The Morgan fingerprint density at radius 2 is 1.65 bits per heavy atom. The van der Waals surface area contributed by atoms with Gasteiger partial charge in [0.2, 0.25) is 0 Å². The standard InChI is InChI=1S/C23H39N5O2.HI/c1-4-24-23(25-9-10-27-11-13-29-14-12-27)26-15-21-5-7-22(8-6-21)18-28-16-19(2)30-20(3)17-28;/h5-8,19-20H,4,9-18H2,1-3H3,(H2,24,25,26);1H. The topological polar surface area (TPSA) is 61.4 Å². The molecule has 0 spiro atoms. The first-order valence-electron chi connectivity index (χ1n) is 11.4. The highest BCUT2D eigenvalue weighted by Crippen LogP contribution is 2.15. The normalized spacial score (nSPS) is 23.3. The second kappa shape index (κ2) is 14.3. The van der Waals surface area contributed by atoms with Crippen LogP contribution in [0.25, 0.3) is 0 Å². The van der Waals surface area contributed by atoms with Crippen LogP contribution in [-0.2, 0) is 22.6 Å². The van der Waals surface area contributed by atoms with Gasteiger partial charge in [-0.1, -0.05) is 24.3 Å². The first kappa shape index (κ1) is 26.3. The van der Waals surface area contributed by atoms with Gasteiger partial charge < -0.3 is 20.1 Å². The lowest BCUT2D eigenvalue weighted by atomic mass is 10.1. The van der Waals surface area contributed by atoms with Crippen molar-refractivity contribution in [1.82, 2.24) is 20.4 Å². The van der Waals surface area contributed by atoms with E-state index in [0.717, 1.165) is 71.5 Å². The Balaban J connectivity index is 0.00000341. The summed E-state index contributed by atoms with van der Waals surface area (Å²) in [5, 5.41) is 6.79. The van der Waals surface area contributed by atoms with E-state index in [1.807, 2.05) is 0 Å². The van der Waals surface area contributed by atoms with Crippen LogP contribution in [0.2, 0.25) is 0 Å². The first-order valence-corrected chi connectivity index (χ1v) is 11.4. The summed E-state index contributed by atoms with van der Waals surface area (Å²) in [7, 11) is 0. The first-order chi connectivity index (χ1) is 14.6. The molecule has 0 amide bonds. The molecule has 2 aliphatic rings. The Hall–Kier alpha value is -0.940. The van der Waals surface area contributed by atoms with E-state index in [-0.39, 0.29) is 24.0 Å². The number of benzene rings is 1. The van der Waals surface area contributed by atoms with Crippen molar-refractivity contribution < 1.29 is 9.47 Å². The third-order valence-corrected chi connectivity index (χ3v) is 5.51. The quantitative estimate of drug-likeness (QED) is 0.297. The summed E-state index contributed by atoms with van der Waals surface area (Å²) in [5.41, 5.74) is 2.58. The lowest BCUT2D eigenvalue weighted by Gasteiger charge is -2.35. The van der Waals surface area contributed by atoms with Crippen molar-refractivity contribution >= 4 is 29.9 Å². The summed E-state index contributed by atoms with van der Waals surface area (Å²) in [4.78, 5) is 9.66. The molecule has 0 saturated carbocycles. The molecule has 2 N–H and O–H groups in total. The molecule has 2 heterocycles. The smallest absolute Gasteiger partial charge is 0.191 e. The maximum Gasteiger partial charge on any atom is 0.191 e. The molecule has 31 heavy (non-hydrogen) atoms. The molecule has 2 unspecified atom stereocenters. The van der Waals surface area contributed by atoms with Crippen molar-refractivity contribution in [2.24, 2.45) is 4.99 Å². The molecule has 2 atom stereocenters. The van der Waals surface area contributed by atoms with Gasteiger partial charge in [0.15, 0.2) is 5.96 Å². The predicted octanol–water partition coefficient (Wildman–Crippen LogP) is 2.30. The summed E-state index contributed by atoms with van der Waals surface area (Å²) in [5.74, 6) is 0.881. The van der Waals surface area contributed by atoms with Crippen molar-refractivity contribution in [3.05, 3.63) is 35.4 Å². The van der Waals surface area contributed by atoms with Gasteiger partial charge in [-0.05, 0) is 31.9 Å². The molecular formula is C23H40IN5O2. The van der Waals surface area contributed by atoms with E-state index in [0.29, 0.717) is 18.8 Å². The minimum Gasteiger partial charge on any atom is -0.379 e. The van der Waals surface area contributed by atoms with E-state index < -0.39 is 0 Å². The van der Waals surface area contributed by atoms with E-state index in [2.05, 4.69) is 65.5 Å². The number of ether oxygens (including phenoxy) is 2. The van der Waals surface area contributed by atoms with Crippen LogP contribution in [0.5, 0.6) is 0 Å². The lowest BCUT2D eigenvalue weighted by Crippen LogP contribution is -2.44. The monoisotopic (exact) mass is 545 g/mol.